The number of nitrogens with zero attached hydrogens (tertiary/aromatic N) is 2. The average molecular weight is 331 g/mol. The molecule has 0 aromatic carbocycles. The summed E-state index contributed by atoms with van der Waals surface area (Å²) in [5.74, 6) is 0.838. The van der Waals surface area contributed by atoms with Crippen LogP contribution in [0.15, 0.2) is 15.6 Å². The highest BCUT2D eigenvalue weighted by Crippen LogP contribution is 2.38. The third kappa shape index (κ3) is 2.82. The average Bonchev–Trinajstić information content (AvgIpc) is 2.41. The summed E-state index contributed by atoms with van der Waals surface area (Å²) in [6.07, 6.45) is 7.79. The number of hydrogen-bond acceptors (Lipinski definition) is 3. The summed E-state index contributed by atoms with van der Waals surface area (Å²) in [6.45, 7) is 2.58. The first-order chi connectivity index (χ1) is 8.58. The maximum Gasteiger partial charge on any atom is 0.267 e. The minimum Gasteiger partial charge on any atom is -0.298 e. The van der Waals surface area contributed by atoms with Crippen LogP contribution in [0, 0.1) is 12.3 Å². The van der Waals surface area contributed by atoms with Gasteiger partial charge >= 0.3 is 0 Å². The van der Waals surface area contributed by atoms with Crippen molar-refractivity contribution >= 4 is 28.6 Å². The van der Waals surface area contributed by atoms with E-state index in [1.54, 1.807) is 10.9 Å². The third-order valence-corrected chi connectivity index (χ3v) is 5.50. The molecule has 0 unspecified atom stereocenters. The molecule has 1 aromatic heterocycles. The Kier molecular flexibility index (Phi) is 4.54. The van der Waals surface area contributed by atoms with Crippen LogP contribution in [-0.2, 0) is 6.54 Å². The van der Waals surface area contributed by atoms with Crippen LogP contribution in [0.4, 0.5) is 0 Å². The highest BCUT2D eigenvalue weighted by molar-refractivity contribution is 9.10. The number of hydrogen-bond donors (Lipinski definition) is 1. The molecule has 0 radical (unpaired) electrons. The Balaban J connectivity index is 2.27. The van der Waals surface area contributed by atoms with Crippen molar-refractivity contribution in [2.45, 2.75) is 45.6 Å². The van der Waals surface area contributed by atoms with Crippen molar-refractivity contribution in [1.29, 1.82) is 0 Å². The fraction of sp³-hybridized carbons (Fsp3) is 0.692. The molecule has 0 N–H and O–H groups in total. The standard InChI is InChI=1S/C13H19BrN2OS/c1-10-11(14)12(17)16(9-15-10)7-13(8-18)5-3-2-4-6-13/h9,18H,2-8H2,1H3. The van der Waals surface area contributed by atoms with Gasteiger partial charge in [-0.25, -0.2) is 4.98 Å². The van der Waals surface area contributed by atoms with Gasteiger partial charge in [-0.3, -0.25) is 9.36 Å². The van der Waals surface area contributed by atoms with Crippen LogP contribution in [0.3, 0.4) is 0 Å². The predicted octanol–water partition coefficient (Wildman–Crippen LogP) is 3.19. The van der Waals surface area contributed by atoms with E-state index in [1.807, 2.05) is 6.92 Å². The van der Waals surface area contributed by atoms with E-state index in [1.165, 1.54) is 19.3 Å². The molecule has 100 valence electrons. The summed E-state index contributed by atoms with van der Waals surface area (Å²) < 4.78 is 2.31. The molecule has 1 aromatic rings. The summed E-state index contributed by atoms with van der Waals surface area (Å²) in [6, 6.07) is 0. The number of aromatic nitrogens is 2. The van der Waals surface area contributed by atoms with Gasteiger partial charge in [0, 0.05) is 6.54 Å². The molecule has 1 heterocycles. The zero-order valence-corrected chi connectivity index (χ0v) is 13.1. The molecule has 0 bridgehead atoms. The van der Waals surface area contributed by atoms with E-state index >= 15 is 0 Å². The lowest BCUT2D eigenvalue weighted by Crippen LogP contribution is -2.36. The second kappa shape index (κ2) is 5.78. The molecule has 0 amide bonds. The first kappa shape index (κ1) is 14.1. The van der Waals surface area contributed by atoms with Crippen molar-refractivity contribution in [2.75, 3.05) is 5.75 Å². The highest BCUT2D eigenvalue weighted by Gasteiger charge is 2.31. The molecule has 1 aliphatic carbocycles. The second-order valence-electron chi connectivity index (χ2n) is 5.30. The number of aryl methyl sites for hydroxylation is 1. The minimum absolute atomic E-state index is 0.0224. The minimum atomic E-state index is 0.0224. The molecule has 0 saturated heterocycles. The summed E-state index contributed by atoms with van der Waals surface area (Å²) in [7, 11) is 0. The molecule has 1 fully saturated rings. The van der Waals surface area contributed by atoms with Gasteiger partial charge in [-0.05, 0) is 46.9 Å². The monoisotopic (exact) mass is 330 g/mol. The molecule has 1 saturated carbocycles. The van der Waals surface area contributed by atoms with Crippen molar-refractivity contribution < 1.29 is 0 Å². The molecule has 1 aliphatic rings. The summed E-state index contributed by atoms with van der Waals surface area (Å²) in [4.78, 5) is 16.4. The Labute approximate surface area is 122 Å². The van der Waals surface area contributed by atoms with Crippen LogP contribution < -0.4 is 5.56 Å². The first-order valence-electron chi connectivity index (χ1n) is 6.40. The Morgan fingerprint density at radius 1 is 1.44 bits per heavy atom. The van der Waals surface area contributed by atoms with E-state index in [9.17, 15) is 4.79 Å². The SMILES string of the molecule is Cc1ncn(CC2(CS)CCCCC2)c(=O)c1Br. The topological polar surface area (TPSA) is 34.9 Å². The van der Waals surface area contributed by atoms with E-state index in [4.69, 9.17) is 0 Å². The van der Waals surface area contributed by atoms with Gasteiger partial charge in [0.2, 0.25) is 0 Å². The van der Waals surface area contributed by atoms with Crippen LogP contribution in [-0.4, -0.2) is 15.3 Å². The van der Waals surface area contributed by atoms with E-state index in [-0.39, 0.29) is 11.0 Å². The Bertz CT molecular complexity index is 480. The van der Waals surface area contributed by atoms with Crippen LogP contribution in [0.25, 0.3) is 0 Å². The molecule has 0 atom stereocenters. The lowest BCUT2D eigenvalue weighted by molar-refractivity contribution is 0.187. The van der Waals surface area contributed by atoms with E-state index in [0.29, 0.717) is 4.47 Å². The summed E-state index contributed by atoms with van der Waals surface area (Å²) in [5, 5.41) is 0. The van der Waals surface area contributed by atoms with Crippen molar-refractivity contribution in [1.82, 2.24) is 9.55 Å². The van der Waals surface area contributed by atoms with Crippen molar-refractivity contribution in [3.05, 3.63) is 26.8 Å². The van der Waals surface area contributed by atoms with Gasteiger partial charge in [-0.1, -0.05) is 19.3 Å². The predicted molar refractivity (Wildman–Crippen MR) is 80.3 cm³/mol. The molecule has 2 rings (SSSR count). The van der Waals surface area contributed by atoms with Crippen LogP contribution in [0.1, 0.15) is 37.8 Å². The number of thiol groups is 1. The number of halogens is 1. The lowest BCUT2D eigenvalue weighted by Gasteiger charge is -2.36. The van der Waals surface area contributed by atoms with Gasteiger partial charge in [-0.2, -0.15) is 12.6 Å². The molecular formula is C13H19BrN2OS. The third-order valence-electron chi connectivity index (χ3n) is 3.91. The maximum atomic E-state index is 12.2. The van der Waals surface area contributed by atoms with E-state index < -0.39 is 0 Å². The fourth-order valence-electron chi connectivity index (χ4n) is 2.69. The molecule has 3 nitrogen and oxygen atoms in total. The van der Waals surface area contributed by atoms with Gasteiger partial charge in [-0.15, -0.1) is 0 Å². The van der Waals surface area contributed by atoms with E-state index in [2.05, 4.69) is 33.5 Å². The highest BCUT2D eigenvalue weighted by atomic mass is 79.9. The maximum absolute atomic E-state index is 12.2. The normalized spacial score (nSPS) is 18.8. The Morgan fingerprint density at radius 3 is 2.72 bits per heavy atom. The molecule has 5 heteroatoms. The van der Waals surface area contributed by atoms with Crippen molar-refractivity contribution in [3.8, 4) is 0 Å². The quantitative estimate of drug-likeness (QED) is 0.864. The van der Waals surface area contributed by atoms with Gasteiger partial charge in [0.1, 0.15) is 4.47 Å². The fourth-order valence-corrected chi connectivity index (χ4v) is 3.43. The van der Waals surface area contributed by atoms with Crippen molar-refractivity contribution in [2.24, 2.45) is 5.41 Å². The van der Waals surface area contributed by atoms with Crippen molar-refractivity contribution in [3.63, 3.8) is 0 Å². The first-order valence-corrected chi connectivity index (χ1v) is 7.83. The smallest absolute Gasteiger partial charge is 0.267 e. The van der Waals surface area contributed by atoms with Crippen LogP contribution in [0.2, 0.25) is 0 Å². The Hall–Kier alpha value is -0.290. The largest absolute Gasteiger partial charge is 0.298 e. The van der Waals surface area contributed by atoms with Gasteiger partial charge in [0.15, 0.2) is 0 Å². The second-order valence-corrected chi connectivity index (χ2v) is 6.41. The zero-order valence-electron chi connectivity index (χ0n) is 10.7. The molecular weight excluding hydrogens is 312 g/mol. The van der Waals surface area contributed by atoms with Gasteiger partial charge in [0.25, 0.3) is 5.56 Å². The number of rotatable bonds is 3. The van der Waals surface area contributed by atoms with Crippen LogP contribution in [0.5, 0.6) is 0 Å². The molecule has 18 heavy (non-hydrogen) atoms. The molecule has 0 spiro atoms. The summed E-state index contributed by atoms with van der Waals surface area (Å²) in [5.41, 5.74) is 0.940. The Morgan fingerprint density at radius 2 is 2.11 bits per heavy atom. The molecule has 0 aliphatic heterocycles. The van der Waals surface area contributed by atoms with Crippen LogP contribution >= 0.6 is 28.6 Å². The zero-order chi connectivity index (χ0) is 13.2. The van der Waals surface area contributed by atoms with Gasteiger partial charge < -0.3 is 0 Å². The summed E-state index contributed by atoms with van der Waals surface area (Å²) >= 11 is 7.83. The van der Waals surface area contributed by atoms with E-state index in [0.717, 1.165) is 30.8 Å². The van der Waals surface area contributed by atoms with Gasteiger partial charge in [0.05, 0.1) is 12.0 Å². The lowest BCUT2D eigenvalue weighted by atomic mass is 9.75.